The molecule has 0 saturated carbocycles. The van der Waals surface area contributed by atoms with E-state index in [1.807, 2.05) is 7.05 Å². The molecular formula is C15H20N2O. The maximum absolute atomic E-state index is 12.6. The van der Waals surface area contributed by atoms with E-state index in [0.717, 1.165) is 19.3 Å². The van der Waals surface area contributed by atoms with Gasteiger partial charge in [-0.05, 0) is 44.4 Å². The van der Waals surface area contributed by atoms with Gasteiger partial charge < -0.3 is 10.2 Å². The second kappa shape index (κ2) is 4.39. The van der Waals surface area contributed by atoms with Crippen LogP contribution in [0.1, 0.15) is 49.4 Å². The molecule has 1 aromatic rings. The monoisotopic (exact) mass is 244 g/mol. The number of carbonyl (C=O) groups excluding carboxylic acids is 1. The second-order valence-electron chi connectivity index (χ2n) is 5.34. The Hall–Kier alpha value is -1.35. The fourth-order valence-electron chi connectivity index (χ4n) is 3.49. The molecule has 1 saturated heterocycles. The van der Waals surface area contributed by atoms with Gasteiger partial charge in [0.05, 0.1) is 18.1 Å². The predicted molar refractivity (Wildman–Crippen MR) is 71.1 cm³/mol. The lowest BCUT2D eigenvalue weighted by atomic mass is 9.99. The molecule has 0 aliphatic carbocycles. The van der Waals surface area contributed by atoms with Crippen molar-refractivity contribution >= 4 is 5.91 Å². The average Bonchev–Trinajstić information content (AvgIpc) is 2.56. The first kappa shape index (κ1) is 11.7. The van der Waals surface area contributed by atoms with E-state index in [2.05, 4.69) is 41.4 Å². The van der Waals surface area contributed by atoms with Gasteiger partial charge in [-0.2, -0.15) is 0 Å². The molecule has 3 unspecified atom stereocenters. The van der Waals surface area contributed by atoms with Gasteiger partial charge in [0.2, 0.25) is 5.91 Å². The molecule has 1 N–H and O–H groups in total. The van der Waals surface area contributed by atoms with E-state index in [1.165, 1.54) is 11.1 Å². The Kier molecular flexibility index (Phi) is 2.86. The number of fused-ring (bicyclic) bond motifs is 3. The minimum Gasteiger partial charge on any atom is -0.328 e. The highest BCUT2D eigenvalue weighted by atomic mass is 16.2. The summed E-state index contributed by atoms with van der Waals surface area (Å²) < 4.78 is 0. The van der Waals surface area contributed by atoms with Crippen molar-refractivity contribution in [1.82, 2.24) is 10.2 Å². The molecule has 3 heteroatoms. The van der Waals surface area contributed by atoms with E-state index >= 15 is 0 Å². The van der Waals surface area contributed by atoms with Crippen LogP contribution in [0.25, 0.3) is 0 Å². The first-order chi connectivity index (χ1) is 8.74. The Bertz CT molecular complexity index is 471. The van der Waals surface area contributed by atoms with E-state index in [-0.39, 0.29) is 18.0 Å². The van der Waals surface area contributed by atoms with Gasteiger partial charge >= 0.3 is 0 Å². The molecule has 0 aromatic heterocycles. The molecule has 96 valence electrons. The molecule has 3 atom stereocenters. The maximum Gasteiger partial charge on any atom is 0.240 e. The molecule has 1 aromatic carbocycles. The molecule has 0 bridgehead atoms. The van der Waals surface area contributed by atoms with Crippen molar-refractivity contribution in [2.45, 2.75) is 44.3 Å². The molecule has 0 radical (unpaired) electrons. The standard InChI is InChI=1S/C15H20N2O/c1-10-11-6-3-4-7-12(11)14-9-5-8-13(16-2)15(18)17(10)14/h3-4,6-7,10,13-14,16H,5,8-9H2,1-2H3. The van der Waals surface area contributed by atoms with E-state index in [9.17, 15) is 4.79 Å². The van der Waals surface area contributed by atoms with Crippen LogP contribution < -0.4 is 5.32 Å². The van der Waals surface area contributed by atoms with Crippen LogP contribution in [0.2, 0.25) is 0 Å². The molecule has 1 fully saturated rings. The number of benzene rings is 1. The van der Waals surface area contributed by atoms with E-state index in [1.54, 1.807) is 0 Å². The van der Waals surface area contributed by atoms with Crippen molar-refractivity contribution in [2.75, 3.05) is 7.05 Å². The van der Waals surface area contributed by atoms with E-state index in [0.29, 0.717) is 6.04 Å². The smallest absolute Gasteiger partial charge is 0.240 e. The zero-order valence-electron chi connectivity index (χ0n) is 11.0. The highest BCUT2D eigenvalue weighted by Crippen LogP contribution is 2.45. The van der Waals surface area contributed by atoms with Crippen LogP contribution in [0, 0.1) is 0 Å². The van der Waals surface area contributed by atoms with Gasteiger partial charge in [0.15, 0.2) is 0 Å². The average molecular weight is 244 g/mol. The quantitative estimate of drug-likeness (QED) is 0.822. The first-order valence-electron chi connectivity index (χ1n) is 6.82. The van der Waals surface area contributed by atoms with Gasteiger partial charge in [-0.25, -0.2) is 0 Å². The maximum atomic E-state index is 12.6. The summed E-state index contributed by atoms with van der Waals surface area (Å²) in [6, 6.07) is 9.00. The Morgan fingerprint density at radius 2 is 1.94 bits per heavy atom. The molecule has 3 nitrogen and oxygen atoms in total. The van der Waals surface area contributed by atoms with Crippen molar-refractivity contribution in [3.8, 4) is 0 Å². The van der Waals surface area contributed by atoms with Crippen molar-refractivity contribution in [3.63, 3.8) is 0 Å². The summed E-state index contributed by atoms with van der Waals surface area (Å²) >= 11 is 0. The van der Waals surface area contributed by atoms with Crippen molar-refractivity contribution < 1.29 is 4.79 Å². The van der Waals surface area contributed by atoms with Crippen molar-refractivity contribution in [2.24, 2.45) is 0 Å². The van der Waals surface area contributed by atoms with E-state index in [4.69, 9.17) is 0 Å². The third-order valence-corrected chi connectivity index (χ3v) is 4.43. The van der Waals surface area contributed by atoms with Gasteiger partial charge in [-0.1, -0.05) is 24.3 Å². The molecule has 0 spiro atoms. The number of nitrogens with one attached hydrogen (secondary N) is 1. The lowest BCUT2D eigenvalue weighted by Gasteiger charge is -2.29. The molecule has 2 aliphatic rings. The van der Waals surface area contributed by atoms with Crippen LogP contribution >= 0.6 is 0 Å². The normalized spacial score (nSPS) is 30.9. The van der Waals surface area contributed by atoms with Crippen LogP contribution in [0.15, 0.2) is 24.3 Å². The number of likely N-dealkylation sites (N-methyl/N-ethyl adjacent to an activating group) is 1. The predicted octanol–water partition coefficient (Wildman–Crippen LogP) is 2.40. The summed E-state index contributed by atoms with van der Waals surface area (Å²) in [5, 5.41) is 3.16. The summed E-state index contributed by atoms with van der Waals surface area (Å²) in [4.78, 5) is 14.7. The second-order valence-corrected chi connectivity index (χ2v) is 5.34. The summed E-state index contributed by atoms with van der Waals surface area (Å²) in [5.41, 5.74) is 2.68. The Morgan fingerprint density at radius 3 is 2.67 bits per heavy atom. The number of hydrogen-bond acceptors (Lipinski definition) is 2. The topological polar surface area (TPSA) is 32.3 Å². The van der Waals surface area contributed by atoms with Gasteiger partial charge in [0.1, 0.15) is 0 Å². The van der Waals surface area contributed by atoms with Crippen molar-refractivity contribution in [1.29, 1.82) is 0 Å². The first-order valence-corrected chi connectivity index (χ1v) is 6.82. The highest BCUT2D eigenvalue weighted by molar-refractivity contribution is 5.84. The van der Waals surface area contributed by atoms with Crippen LogP contribution in [-0.4, -0.2) is 23.9 Å². The van der Waals surface area contributed by atoms with Gasteiger partial charge in [-0.15, -0.1) is 0 Å². The SMILES string of the molecule is CNC1CCCC2c3ccccc3C(C)N2C1=O. The number of carbonyl (C=O) groups is 1. The summed E-state index contributed by atoms with van der Waals surface area (Å²) in [6.45, 7) is 2.15. The zero-order chi connectivity index (χ0) is 12.7. The van der Waals surface area contributed by atoms with Crippen LogP contribution in [0.3, 0.4) is 0 Å². The summed E-state index contributed by atoms with van der Waals surface area (Å²) in [5.74, 6) is 0.267. The fourth-order valence-corrected chi connectivity index (χ4v) is 3.49. The fraction of sp³-hybridized carbons (Fsp3) is 0.533. The lowest BCUT2D eigenvalue weighted by molar-refractivity contribution is -0.136. The summed E-state index contributed by atoms with van der Waals surface area (Å²) in [7, 11) is 1.89. The zero-order valence-corrected chi connectivity index (χ0v) is 11.0. The van der Waals surface area contributed by atoms with Crippen LogP contribution in [0.5, 0.6) is 0 Å². The molecule has 2 aliphatic heterocycles. The molecular weight excluding hydrogens is 224 g/mol. The highest BCUT2D eigenvalue weighted by Gasteiger charge is 2.42. The van der Waals surface area contributed by atoms with Crippen LogP contribution in [-0.2, 0) is 4.79 Å². The largest absolute Gasteiger partial charge is 0.328 e. The van der Waals surface area contributed by atoms with Gasteiger partial charge in [0.25, 0.3) is 0 Å². The minimum absolute atomic E-state index is 0.00763. The third kappa shape index (κ3) is 1.57. The van der Waals surface area contributed by atoms with Gasteiger partial charge in [-0.3, -0.25) is 4.79 Å². The summed E-state index contributed by atoms with van der Waals surface area (Å²) in [6.07, 6.45) is 3.15. The number of hydrogen-bond donors (Lipinski definition) is 1. The van der Waals surface area contributed by atoms with Crippen molar-refractivity contribution in [3.05, 3.63) is 35.4 Å². The molecule has 18 heavy (non-hydrogen) atoms. The minimum atomic E-state index is -0.00763. The van der Waals surface area contributed by atoms with E-state index < -0.39 is 0 Å². The third-order valence-electron chi connectivity index (χ3n) is 4.43. The van der Waals surface area contributed by atoms with Crippen LogP contribution in [0.4, 0.5) is 0 Å². The van der Waals surface area contributed by atoms with Gasteiger partial charge in [0, 0.05) is 0 Å². The lowest BCUT2D eigenvalue weighted by Crippen LogP contribution is -2.43. The Balaban J connectivity index is 2.02. The molecule has 2 heterocycles. The number of rotatable bonds is 1. The Morgan fingerprint density at radius 1 is 1.22 bits per heavy atom. The molecule has 3 rings (SSSR count). The molecule has 1 amide bonds. The number of nitrogens with zero attached hydrogens (tertiary/aromatic N) is 1. The Labute approximate surface area is 108 Å². The number of amides is 1.